The quantitative estimate of drug-likeness (QED) is 0.800. The number of rotatable bonds is 3. The van der Waals surface area contributed by atoms with Crippen molar-refractivity contribution < 1.29 is 0 Å². The van der Waals surface area contributed by atoms with Gasteiger partial charge in [-0.25, -0.2) is 9.97 Å². The number of anilines is 1. The molecule has 3 nitrogen and oxygen atoms in total. The first-order valence-corrected chi connectivity index (χ1v) is 7.75. The minimum atomic E-state index is 0.553. The number of halogens is 1. The van der Waals surface area contributed by atoms with Crippen molar-refractivity contribution in [2.45, 2.75) is 56.8 Å². The van der Waals surface area contributed by atoms with E-state index >= 15 is 0 Å². The molecular formula is C14H22BrN3. The lowest BCUT2D eigenvalue weighted by Gasteiger charge is -2.36. The Balaban J connectivity index is 2.21. The molecule has 0 bridgehead atoms. The smallest absolute Gasteiger partial charge is 0.132 e. The van der Waals surface area contributed by atoms with Gasteiger partial charge in [-0.1, -0.05) is 35.7 Å². The fraction of sp³-hybridized carbons (Fsp3) is 0.714. The van der Waals surface area contributed by atoms with E-state index in [1.54, 1.807) is 0 Å². The third-order valence-electron chi connectivity index (χ3n) is 3.75. The molecule has 4 heteroatoms. The Morgan fingerprint density at radius 1 is 1.33 bits per heavy atom. The Hall–Kier alpha value is -0.640. The predicted molar refractivity (Wildman–Crippen MR) is 79.5 cm³/mol. The monoisotopic (exact) mass is 311 g/mol. The van der Waals surface area contributed by atoms with Crippen LogP contribution in [0.2, 0.25) is 0 Å². The molecule has 18 heavy (non-hydrogen) atoms. The Morgan fingerprint density at radius 2 is 2.06 bits per heavy atom. The van der Waals surface area contributed by atoms with Crippen molar-refractivity contribution in [3.63, 3.8) is 0 Å². The number of alkyl halides is 1. The highest BCUT2D eigenvalue weighted by molar-refractivity contribution is 9.09. The lowest BCUT2D eigenvalue weighted by Crippen LogP contribution is -2.41. The average Bonchev–Trinajstić information content (AvgIpc) is 2.37. The van der Waals surface area contributed by atoms with Gasteiger partial charge in [0.25, 0.3) is 0 Å². The molecule has 1 heterocycles. The highest BCUT2D eigenvalue weighted by Gasteiger charge is 2.27. The van der Waals surface area contributed by atoms with E-state index in [1.807, 2.05) is 6.92 Å². The summed E-state index contributed by atoms with van der Waals surface area (Å²) < 4.78 is 0. The van der Waals surface area contributed by atoms with E-state index in [4.69, 9.17) is 0 Å². The zero-order chi connectivity index (χ0) is 13.1. The van der Waals surface area contributed by atoms with Gasteiger partial charge < -0.3 is 4.90 Å². The fourth-order valence-corrected chi connectivity index (χ4v) is 3.59. The number of hydrogen-bond acceptors (Lipinski definition) is 3. The summed E-state index contributed by atoms with van der Waals surface area (Å²) in [4.78, 5) is 11.9. The van der Waals surface area contributed by atoms with Crippen LogP contribution in [0, 0.1) is 6.92 Å². The summed E-state index contributed by atoms with van der Waals surface area (Å²) in [6.45, 7) is 4.11. The van der Waals surface area contributed by atoms with Crippen molar-refractivity contribution in [1.82, 2.24) is 9.97 Å². The first-order chi connectivity index (χ1) is 8.61. The second-order valence-corrected chi connectivity index (χ2v) is 6.27. The van der Waals surface area contributed by atoms with Gasteiger partial charge in [-0.15, -0.1) is 0 Å². The average molecular weight is 312 g/mol. The van der Waals surface area contributed by atoms with E-state index in [2.05, 4.69) is 50.8 Å². The first-order valence-electron chi connectivity index (χ1n) is 6.83. The van der Waals surface area contributed by atoms with Crippen LogP contribution in [0.15, 0.2) is 6.07 Å². The van der Waals surface area contributed by atoms with Gasteiger partial charge in [0.05, 0.1) is 0 Å². The maximum Gasteiger partial charge on any atom is 0.132 e. The van der Waals surface area contributed by atoms with E-state index in [0.29, 0.717) is 10.9 Å². The normalized spacial score (nSPS) is 24.0. The molecule has 1 aromatic rings. The summed E-state index contributed by atoms with van der Waals surface area (Å²) in [5.41, 5.74) is 1.13. The van der Waals surface area contributed by atoms with Gasteiger partial charge in [-0.3, -0.25) is 0 Å². The van der Waals surface area contributed by atoms with Crippen LogP contribution in [0.5, 0.6) is 0 Å². The summed E-state index contributed by atoms with van der Waals surface area (Å²) in [7, 11) is 2.16. The largest absolute Gasteiger partial charge is 0.355 e. The van der Waals surface area contributed by atoms with Crippen molar-refractivity contribution in [3.8, 4) is 0 Å². The second kappa shape index (κ2) is 6.00. The van der Waals surface area contributed by atoms with Crippen LogP contribution in [-0.2, 0) is 6.42 Å². The highest BCUT2D eigenvalue weighted by atomic mass is 79.9. The van der Waals surface area contributed by atoms with Gasteiger partial charge in [0.1, 0.15) is 11.6 Å². The van der Waals surface area contributed by atoms with Crippen LogP contribution in [0.1, 0.15) is 44.1 Å². The molecule has 0 spiro atoms. The molecule has 2 atom stereocenters. The molecule has 1 aliphatic rings. The lowest BCUT2D eigenvalue weighted by atomic mass is 9.94. The summed E-state index contributed by atoms with van der Waals surface area (Å²) >= 11 is 3.82. The molecule has 1 aliphatic carbocycles. The molecule has 1 fully saturated rings. The van der Waals surface area contributed by atoms with Crippen molar-refractivity contribution in [2.75, 3.05) is 11.9 Å². The van der Waals surface area contributed by atoms with Crippen LogP contribution in [-0.4, -0.2) is 27.9 Å². The molecule has 0 amide bonds. The topological polar surface area (TPSA) is 29.0 Å². The third kappa shape index (κ3) is 3.02. The molecule has 0 radical (unpaired) electrons. The summed E-state index contributed by atoms with van der Waals surface area (Å²) in [5.74, 6) is 1.94. The van der Waals surface area contributed by atoms with E-state index < -0.39 is 0 Å². The van der Waals surface area contributed by atoms with Gasteiger partial charge in [-0.05, 0) is 26.2 Å². The molecule has 0 saturated heterocycles. The number of nitrogens with zero attached hydrogens (tertiary/aromatic N) is 3. The Kier molecular flexibility index (Phi) is 4.60. The van der Waals surface area contributed by atoms with Crippen molar-refractivity contribution in [3.05, 3.63) is 17.6 Å². The zero-order valence-corrected chi connectivity index (χ0v) is 13.1. The molecule has 1 aromatic heterocycles. The van der Waals surface area contributed by atoms with Gasteiger partial charge >= 0.3 is 0 Å². The number of hydrogen-bond donors (Lipinski definition) is 0. The zero-order valence-electron chi connectivity index (χ0n) is 11.5. The van der Waals surface area contributed by atoms with Crippen LogP contribution in [0.3, 0.4) is 0 Å². The SMILES string of the molecule is CCc1cc(N(C)C2CCCCC2Br)nc(C)n1. The fourth-order valence-electron chi connectivity index (χ4n) is 2.65. The minimum absolute atomic E-state index is 0.553. The van der Waals surface area contributed by atoms with E-state index in [9.17, 15) is 0 Å². The molecule has 2 rings (SSSR count). The van der Waals surface area contributed by atoms with E-state index in [0.717, 1.165) is 23.8 Å². The Bertz CT molecular complexity index is 408. The molecule has 100 valence electrons. The van der Waals surface area contributed by atoms with E-state index in [1.165, 1.54) is 25.7 Å². The maximum absolute atomic E-state index is 4.59. The molecule has 0 aromatic carbocycles. The van der Waals surface area contributed by atoms with Crippen molar-refractivity contribution in [2.24, 2.45) is 0 Å². The maximum atomic E-state index is 4.59. The molecule has 1 saturated carbocycles. The summed E-state index contributed by atoms with van der Waals surface area (Å²) in [6, 6.07) is 2.68. The Labute approximate surface area is 118 Å². The van der Waals surface area contributed by atoms with Crippen molar-refractivity contribution >= 4 is 21.7 Å². The standard InChI is InChI=1S/C14H22BrN3/c1-4-11-9-14(17-10(2)16-11)18(3)13-8-6-5-7-12(13)15/h9,12-13H,4-8H2,1-3H3. The first kappa shape index (κ1) is 13.8. The van der Waals surface area contributed by atoms with Crippen LogP contribution < -0.4 is 4.90 Å². The van der Waals surface area contributed by atoms with Gasteiger partial charge in [-0.2, -0.15) is 0 Å². The molecular weight excluding hydrogens is 290 g/mol. The van der Waals surface area contributed by atoms with Crippen LogP contribution in [0.4, 0.5) is 5.82 Å². The number of aryl methyl sites for hydroxylation is 2. The molecule has 0 N–H and O–H groups in total. The lowest BCUT2D eigenvalue weighted by molar-refractivity contribution is 0.442. The highest BCUT2D eigenvalue weighted by Crippen LogP contribution is 2.30. The van der Waals surface area contributed by atoms with Crippen LogP contribution in [0.25, 0.3) is 0 Å². The van der Waals surface area contributed by atoms with Gasteiger partial charge in [0, 0.05) is 29.7 Å². The van der Waals surface area contributed by atoms with Crippen molar-refractivity contribution in [1.29, 1.82) is 0 Å². The third-order valence-corrected chi connectivity index (χ3v) is 4.81. The summed E-state index contributed by atoms with van der Waals surface area (Å²) in [6.07, 6.45) is 6.13. The Morgan fingerprint density at radius 3 is 2.72 bits per heavy atom. The molecule has 2 unspecified atom stereocenters. The van der Waals surface area contributed by atoms with Gasteiger partial charge in [0.2, 0.25) is 0 Å². The molecule has 0 aliphatic heterocycles. The van der Waals surface area contributed by atoms with E-state index in [-0.39, 0.29) is 0 Å². The predicted octanol–water partition coefficient (Wildman–Crippen LogP) is 3.49. The summed E-state index contributed by atoms with van der Waals surface area (Å²) in [5, 5.41) is 0. The van der Waals surface area contributed by atoms with Crippen LogP contribution >= 0.6 is 15.9 Å². The van der Waals surface area contributed by atoms with Gasteiger partial charge in [0.15, 0.2) is 0 Å². The number of aromatic nitrogens is 2. The second-order valence-electron chi connectivity index (χ2n) is 5.10. The minimum Gasteiger partial charge on any atom is -0.355 e.